The van der Waals surface area contributed by atoms with E-state index < -0.39 is 24.3 Å². The van der Waals surface area contributed by atoms with E-state index in [0.29, 0.717) is 23.9 Å². The van der Waals surface area contributed by atoms with Crippen LogP contribution in [0.3, 0.4) is 0 Å². The van der Waals surface area contributed by atoms with Gasteiger partial charge in [0.25, 0.3) is 0 Å². The highest BCUT2D eigenvalue weighted by molar-refractivity contribution is 5.70. The second-order valence-electron chi connectivity index (χ2n) is 21.6. The molecular formula is C63H115NO8. The molecule has 0 aromatic heterocycles. The summed E-state index contributed by atoms with van der Waals surface area (Å²) in [4.78, 5) is 37.3. The van der Waals surface area contributed by atoms with Gasteiger partial charge in [-0.1, -0.05) is 262 Å². The van der Waals surface area contributed by atoms with E-state index in [0.717, 1.165) is 70.6 Å². The van der Waals surface area contributed by atoms with Crippen LogP contribution >= 0.6 is 0 Å². The summed E-state index contributed by atoms with van der Waals surface area (Å²) in [5, 5.41) is 11.8. The number of allylic oxidation sites excluding steroid dienone is 8. The lowest BCUT2D eigenvalue weighted by molar-refractivity contribution is -0.870. The van der Waals surface area contributed by atoms with Gasteiger partial charge in [-0.05, 0) is 51.4 Å². The zero-order valence-corrected chi connectivity index (χ0v) is 47.8. The highest BCUT2D eigenvalue weighted by Gasteiger charge is 2.22. The first kappa shape index (κ1) is 69.2. The Balaban J connectivity index is 4.18. The van der Waals surface area contributed by atoms with Crippen LogP contribution in [0, 0.1) is 0 Å². The van der Waals surface area contributed by atoms with Crippen molar-refractivity contribution in [2.45, 2.75) is 289 Å². The first-order chi connectivity index (χ1) is 35.1. The summed E-state index contributed by atoms with van der Waals surface area (Å²) in [5.41, 5.74) is 0. The van der Waals surface area contributed by atoms with Crippen molar-refractivity contribution in [3.63, 3.8) is 0 Å². The van der Waals surface area contributed by atoms with Crippen molar-refractivity contribution >= 4 is 17.9 Å². The molecule has 0 radical (unpaired) electrons. The highest BCUT2D eigenvalue weighted by atomic mass is 16.7. The molecule has 0 aliphatic rings. The normalized spacial score (nSPS) is 13.1. The third-order valence-corrected chi connectivity index (χ3v) is 13.3. The molecule has 0 aromatic rings. The summed E-state index contributed by atoms with van der Waals surface area (Å²) in [6, 6.07) is 0. The number of hydrogen-bond donors (Lipinski definition) is 0. The van der Waals surface area contributed by atoms with Crippen molar-refractivity contribution in [1.82, 2.24) is 0 Å². The molecule has 0 aliphatic carbocycles. The molecule has 0 N–H and O–H groups in total. The Morgan fingerprint density at radius 1 is 0.431 bits per heavy atom. The fourth-order valence-electron chi connectivity index (χ4n) is 8.71. The standard InChI is InChI=1S/C63H115NO8/c1-6-8-10-12-14-16-18-20-22-24-26-28-29-30-31-32-34-35-37-39-41-43-45-47-49-51-53-60(65)70-57-59(58-71-63(62(67)68)69-56-55-64(3,4)5)72-61(66)54-52-50-48-46-44-42-40-38-36-33-27-25-23-21-19-17-15-13-11-9-7-2/h9,11,15,17,21,23,27,33,59,63H,6-8,10,12-14,16,18-20,22,24-26,28-32,34-58H2,1-5H3/b11-9-,17-15-,23-21-,33-27-. The first-order valence-electron chi connectivity index (χ1n) is 30.3. The SMILES string of the molecule is CC/C=C\C/C=C\C/C=C\C/C=C\CCCCCCCCCCC(=O)OC(COC(=O)CCCCCCCCCCCCCCCCCCCCCCCCCCCC)COC(OCC[N+](C)(C)C)C(=O)[O-]. The van der Waals surface area contributed by atoms with Gasteiger partial charge in [0.1, 0.15) is 13.2 Å². The second kappa shape index (κ2) is 54.5. The van der Waals surface area contributed by atoms with Gasteiger partial charge >= 0.3 is 11.9 Å². The molecule has 72 heavy (non-hydrogen) atoms. The Morgan fingerprint density at radius 3 is 1.18 bits per heavy atom. The van der Waals surface area contributed by atoms with E-state index in [2.05, 4.69) is 62.5 Å². The Bertz CT molecular complexity index is 1320. The lowest BCUT2D eigenvalue weighted by Crippen LogP contribution is -2.44. The molecule has 0 amide bonds. The lowest BCUT2D eigenvalue weighted by atomic mass is 10.0. The summed E-state index contributed by atoms with van der Waals surface area (Å²) in [6.45, 7) is 4.67. The quantitative estimate of drug-likeness (QED) is 0.0195. The average Bonchev–Trinajstić information content (AvgIpc) is 3.35. The number of quaternary nitrogens is 1. The minimum absolute atomic E-state index is 0.146. The number of carboxylic acids is 1. The summed E-state index contributed by atoms with van der Waals surface area (Å²) in [7, 11) is 5.92. The van der Waals surface area contributed by atoms with Gasteiger partial charge in [-0.15, -0.1) is 0 Å². The number of carbonyl (C=O) groups excluding carboxylic acids is 3. The number of aliphatic carboxylic acids is 1. The molecule has 2 atom stereocenters. The van der Waals surface area contributed by atoms with Crippen molar-refractivity contribution in [3.05, 3.63) is 48.6 Å². The van der Waals surface area contributed by atoms with E-state index in [4.69, 9.17) is 18.9 Å². The Kier molecular flexibility index (Phi) is 52.4. The molecule has 9 nitrogen and oxygen atoms in total. The van der Waals surface area contributed by atoms with Gasteiger partial charge in [0, 0.05) is 12.8 Å². The molecule has 0 rings (SSSR count). The van der Waals surface area contributed by atoms with Crippen molar-refractivity contribution in [2.75, 3.05) is 47.5 Å². The van der Waals surface area contributed by atoms with Gasteiger partial charge < -0.3 is 33.3 Å². The fourth-order valence-corrected chi connectivity index (χ4v) is 8.71. The number of carboxylic acid groups (broad SMARTS) is 1. The third-order valence-electron chi connectivity index (χ3n) is 13.3. The smallest absolute Gasteiger partial charge is 0.306 e. The Labute approximate surface area is 444 Å². The van der Waals surface area contributed by atoms with Gasteiger partial charge in [0.15, 0.2) is 12.4 Å². The summed E-state index contributed by atoms with van der Waals surface area (Å²) >= 11 is 0. The van der Waals surface area contributed by atoms with Crippen LogP contribution < -0.4 is 5.11 Å². The minimum atomic E-state index is -1.62. The minimum Gasteiger partial charge on any atom is -0.545 e. The molecule has 420 valence electrons. The van der Waals surface area contributed by atoms with E-state index in [1.807, 2.05) is 21.1 Å². The molecule has 9 heteroatoms. The van der Waals surface area contributed by atoms with Crippen LogP contribution in [0.25, 0.3) is 0 Å². The van der Waals surface area contributed by atoms with Crippen molar-refractivity contribution in [2.24, 2.45) is 0 Å². The van der Waals surface area contributed by atoms with Crippen LogP contribution in [0.1, 0.15) is 277 Å². The number of nitrogens with zero attached hydrogens (tertiary/aromatic N) is 1. The molecule has 0 heterocycles. The van der Waals surface area contributed by atoms with Crippen LogP contribution in [-0.4, -0.2) is 82.3 Å². The maximum Gasteiger partial charge on any atom is 0.306 e. The first-order valence-corrected chi connectivity index (χ1v) is 30.3. The number of esters is 2. The topological polar surface area (TPSA) is 111 Å². The molecule has 0 saturated carbocycles. The Hall–Kier alpha value is -2.75. The monoisotopic (exact) mass is 1010 g/mol. The molecule has 0 fully saturated rings. The highest BCUT2D eigenvalue weighted by Crippen LogP contribution is 2.17. The van der Waals surface area contributed by atoms with Gasteiger partial charge in [0.2, 0.25) is 0 Å². The number of hydrogen-bond acceptors (Lipinski definition) is 8. The zero-order valence-electron chi connectivity index (χ0n) is 47.8. The maximum absolute atomic E-state index is 12.9. The fraction of sp³-hybridized carbons (Fsp3) is 0.825. The number of likely N-dealkylation sites (N-methyl/N-ethyl adjacent to an activating group) is 1. The van der Waals surface area contributed by atoms with Crippen LogP contribution in [-0.2, 0) is 33.3 Å². The van der Waals surface area contributed by atoms with Gasteiger partial charge in [-0.3, -0.25) is 9.59 Å². The van der Waals surface area contributed by atoms with E-state index in [1.54, 1.807) is 0 Å². The third kappa shape index (κ3) is 55.0. The molecule has 0 spiro atoms. The van der Waals surface area contributed by atoms with Crippen LogP contribution in [0.15, 0.2) is 48.6 Å². The molecular weight excluding hydrogens is 899 g/mol. The largest absolute Gasteiger partial charge is 0.545 e. The van der Waals surface area contributed by atoms with Gasteiger partial charge in [-0.2, -0.15) is 0 Å². The van der Waals surface area contributed by atoms with Crippen molar-refractivity contribution in [1.29, 1.82) is 0 Å². The van der Waals surface area contributed by atoms with Crippen LogP contribution in [0.4, 0.5) is 0 Å². The van der Waals surface area contributed by atoms with E-state index in [9.17, 15) is 19.5 Å². The number of unbranched alkanes of at least 4 members (excludes halogenated alkanes) is 33. The van der Waals surface area contributed by atoms with Gasteiger partial charge in [-0.25, -0.2) is 0 Å². The molecule has 0 saturated heterocycles. The summed E-state index contributed by atoms with van der Waals surface area (Å²) in [6.07, 6.45) is 64.5. The molecule has 2 unspecified atom stereocenters. The van der Waals surface area contributed by atoms with E-state index >= 15 is 0 Å². The molecule has 0 aromatic carbocycles. The van der Waals surface area contributed by atoms with Crippen LogP contribution in [0.2, 0.25) is 0 Å². The average molecular weight is 1010 g/mol. The summed E-state index contributed by atoms with van der Waals surface area (Å²) in [5.74, 6) is -2.28. The zero-order chi connectivity index (χ0) is 52.7. The predicted molar refractivity (Wildman–Crippen MR) is 302 cm³/mol. The number of ether oxygens (including phenoxy) is 4. The van der Waals surface area contributed by atoms with E-state index in [1.165, 1.54) is 173 Å². The lowest BCUT2D eigenvalue weighted by Gasteiger charge is -2.26. The number of carbonyl (C=O) groups is 3. The summed E-state index contributed by atoms with van der Waals surface area (Å²) < 4.78 is 22.7. The molecule has 0 bridgehead atoms. The maximum atomic E-state index is 12.9. The second-order valence-corrected chi connectivity index (χ2v) is 21.6. The van der Waals surface area contributed by atoms with Crippen LogP contribution in [0.5, 0.6) is 0 Å². The van der Waals surface area contributed by atoms with Gasteiger partial charge in [0.05, 0.1) is 40.3 Å². The van der Waals surface area contributed by atoms with Crippen molar-refractivity contribution < 1.29 is 42.9 Å². The predicted octanol–water partition coefficient (Wildman–Crippen LogP) is 16.5. The number of rotatable bonds is 56. The molecule has 0 aliphatic heterocycles. The van der Waals surface area contributed by atoms with Crippen molar-refractivity contribution in [3.8, 4) is 0 Å². The van der Waals surface area contributed by atoms with E-state index in [-0.39, 0.29) is 32.2 Å². The Morgan fingerprint density at radius 2 is 0.792 bits per heavy atom.